The predicted octanol–water partition coefficient (Wildman–Crippen LogP) is 2.54. The van der Waals surface area contributed by atoms with Gasteiger partial charge in [-0.3, -0.25) is 0 Å². The smallest absolute Gasteiger partial charge is 0.250 e. The number of sulfonamides is 1. The van der Waals surface area contributed by atoms with Crippen LogP contribution >= 0.6 is 38.9 Å². The minimum absolute atomic E-state index is 0.251. The van der Waals surface area contributed by atoms with Gasteiger partial charge in [-0.2, -0.15) is 0 Å². The molecule has 8 heteroatoms. The molecule has 0 aliphatic carbocycles. The highest BCUT2D eigenvalue weighted by Gasteiger charge is 2.19. The molecule has 1 N–H and O–H groups in total. The van der Waals surface area contributed by atoms with E-state index in [0.29, 0.717) is 15.4 Å². The molecule has 102 valence electrons. The van der Waals surface area contributed by atoms with E-state index in [2.05, 4.69) is 25.6 Å². The molecule has 1 aliphatic heterocycles. The Morgan fingerprint density at radius 1 is 1.44 bits per heavy atom. The maximum Gasteiger partial charge on any atom is 0.250 e. The zero-order valence-electron chi connectivity index (χ0n) is 9.66. The average molecular weight is 374 g/mol. The van der Waals surface area contributed by atoms with E-state index >= 15 is 0 Å². The van der Waals surface area contributed by atoms with Crippen molar-refractivity contribution < 1.29 is 8.42 Å². The average Bonchev–Trinajstić information content (AvgIpc) is 2.90. The fourth-order valence-corrected chi connectivity index (χ4v) is 5.34. The number of halogens is 2. The summed E-state index contributed by atoms with van der Waals surface area (Å²) in [5, 5.41) is 0.430. The largest absolute Gasteiger partial charge is 0.302 e. The zero-order valence-corrected chi connectivity index (χ0v) is 13.6. The molecular weight excluding hydrogens is 360 g/mol. The summed E-state index contributed by atoms with van der Waals surface area (Å²) in [6.45, 7) is 3.34. The van der Waals surface area contributed by atoms with Gasteiger partial charge in [-0.15, -0.1) is 11.3 Å². The fraction of sp³-hybridized carbons (Fsp3) is 0.600. The van der Waals surface area contributed by atoms with Crippen LogP contribution in [0.2, 0.25) is 5.02 Å². The molecule has 4 nitrogen and oxygen atoms in total. The number of hydrogen-bond acceptors (Lipinski definition) is 4. The third-order valence-electron chi connectivity index (χ3n) is 2.81. The minimum Gasteiger partial charge on any atom is -0.302 e. The Balaban J connectivity index is 1.90. The fourth-order valence-electron chi connectivity index (χ4n) is 1.87. The lowest BCUT2D eigenvalue weighted by molar-refractivity contribution is 0.344. The van der Waals surface area contributed by atoms with Crippen LogP contribution in [-0.2, 0) is 10.0 Å². The van der Waals surface area contributed by atoms with Gasteiger partial charge in [-0.25, -0.2) is 13.1 Å². The molecule has 0 radical (unpaired) electrons. The van der Waals surface area contributed by atoms with E-state index < -0.39 is 10.0 Å². The van der Waals surface area contributed by atoms with Gasteiger partial charge in [-0.1, -0.05) is 11.6 Å². The van der Waals surface area contributed by atoms with Gasteiger partial charge in [0, 0.05) is 13.1 Å². The van der Waals surface area contributed by atoms with Crippen LogP contribution in [0.25, 0.3) is 0 Å². The molecule has 1 aromatic rings. The molecular formula is C10H14BrClN2O2S2. The van der Waals surface area contributed by atoms with Crippen molar-refractivity contribution in [2.75, 3.05) is 26.2 Å². The van der Waals surface area contributed by atoms with E-state index in [1.807, 2.05) is 0 Å². The Bertz CT molecular complexity index is 492. The van der Waals surface area contributed by atoms with Crippen LogP contribution in [0.5, 0.6) is 0 Å². The monoisotopic (exact) mass is 372 g/mol. The second kappa shape index (κ2) is 6.19. The second-order valence-corrected chi connectivity index (χ2v) is 8.90. The van der Waals surface area contributed by atoms with Gasteiger partial charge >= 0.3 is 0 Å². The van der Waals surface area contributed by atoms with Crippen molar-refractivity contribution in [3.05, 3.63) is 14.9 Å². The lowest BCUT2D eigenvalue weighted by Crippen LogP contribution is -2.33. The number of nitrogens with zero attached hydrogens (tertiary/aromatic N) is 1. The molecule has 2 heterocycles. The molecule has 18 heavy (non-hydrogen) atoms. The first-order chi connectivity index (χ1) is 8.49. The number of nitrogens with one attached hydrogen (secondary N) is 1. The van der Waals surface area contributed by atoms with E-state index in [1.165, 1.54) is 18.9 Å². The number of hydrogen-bond donors (Lipinski definition) is 1. The highest BCUT2D eigenvalue weighted by Crippen LogP contribution is 2.34. The summed E-state index contributed by atoms with van der Waals surface area (Å²) < 4.78 is 27.4. The van der Waals surface area contributed by atoms with E-state index in [1.54, 1.807) is 0 Å². The third kappa shape index (κ3) is 3.68. The van der Waals surface area contributed by atoms with Crippen molar-refractivity contribution in [1.82, 2.24) is 9.62 Å². The number of rotatable bonds is 5. The molecule has 0 atom stereocenters. The van der Waals surface area contributed by atoms with Crippen molar-refractivity contribution in [3.8, 4) is 0 Å². The maximum absolute atomic E-state index is 12.0. The van der Waals surface area contributed by atoms with E-state index in [0.717, 1.165) is 31.0 Å². The summed E-state index contributed by atoms with van der Waals surface area (Å²) in [6, 6.07) is 1.47. The second-order valence-electron chi connectivity index (χ2n) is 4.13. The quantitative estimate of drug-likeness (QED) is 0.863. The predicted molar refractivity (Wildman–Crippen MR) is 77.9 cm³/mol. The van der Waals surface area contributed by atoms with Gasteiger partial charge in [0.15, 0.2) is 0 Å². The Kier molecular flexibility index (Phi) is 5.07. The molecule has 1 aliphatic rings. The molecule has 1 fully saturated rings. The number of likely N-dealkylation sites (tertiary alicyclic amines) is 1. The molecule has 0 bridgehead atoms. The number of thiophene rings is 1. The van der Waals surface area contributed by atoms with Gasteiger partial charge in [0.25, 0.3) is 0 Å². The summed E-state index contributed by atoms with van der Waals surface area (Å²) in [7, 11) is -3.43. The highest BCUT2D eigenvalue weighted by atomic mass is 79.9. The van der Waals surface area contributed by atoms with Gasteiger partial charge in [0.2, 0.25) is 10.0 Å². The van der Waals surface area contributed by atoms with Crippen LogP contribution in [0, 0.1) is 0 Å². The summed E-state index contributed by atoms with van der Waals surface area (Å²) in [4.78, 5) is 2.26. The van der Waals surface area contributed by atoms with Crippen LogP contribution in [0.1, 0.15) is 12.8 Å². The van der Waals surface area contributed by atoms with E-state index in [-0.39, 0.29) is 4.21 Å². The summed E-state index contributed by atoms with van der Waals surface area (Å²) in [5.41, 5.74) is 0. The third-order valence-corrected chi connectivity index (χ3v) is 7.22. The van der Waals surface area contributed by atoms with Crippen molar-refractivity contribution in [3.63, 3.8) is 0 Å². The molecule has 0 amide bonds. The molecule has 0 spiro atoms. The van der Waals surface area contributed by atoms with Crippen LogP contribution in [0.4, 0.5) is 0 Å². The lowest BCUT2D eigenvalue weighted by atomic mass is 10.4. The van der Waals surface area contributed by atoms with Crippen molar-refractivity contribution in [1.29, 1.82) is 0 Å². The molecule has 0 aromatic carbocycles. The Morgan fingerprint density at radius 2 is 2.11 bits per heavy atom. The van der Waals surface area contributed by atoms with Crippen LogP contribution < -0.4 is 4.72 Å². The normalized spacial score (nSPS) is 17.4. The summed E-state index contributed by atoms with van der Waals surface area (Å²) >= 11 is 10.2. The molecule has 0 saturated carbocycles. The van der Waals surface area contributed by atoms with Crippen LogP contribution in [0.3, 0.4) is 0 Å². The van der Waals surface area contributed by atoms with E-state index in [9.17, 15) is 8.42 Å². The van der Waals surface area contributed by atoms with Crippen molar-refractivity contribution >= 4 is 48.9 Å². The standard InChI is InChI=1S/C10H14BrClN2O2S2/c11-10-8(12)7-9(17-10)18(15,16)13-3-6-14-4-1-2-5-14/h7,13H,1-6H2. The van der Waals surface area contributed by atoms with Crippen LogP contribution in [0.15, 0.2) is 14.1 Å². The summed E-state index contributed by atoms with van der Waals surface area (Å²) in [5.74, 6) is 0. The Hall–Kier alpha value is 0.340. The molecule has 1 saturated heterocycles. The van der Waals surface area contributed by atoms with Crippen molar-refractivity contribution in [2.24, 2.45) is 0 Å². The SMILES string of the molecule is O=S(=O)(NCCN1CCCC1)c1cc(Cl)c(Br)s1. The molecule has 2 rings (SSSR count). The van der Waals surface area contributed by atoms with Crippen LogP contribution in [-0.4, -0.2) is 39.5 Å². The van der Waals surface area contributed by atoms with Crippen molar-refractivity contribution in [2.45, 2.75) is 17.1 Å². The highest BCUT2D eigenvalue weighted by molar-refractivity contribution is 9.11. The topological polar surface area (TPSA) is 49.4 Å². The first kappa shape index (κ1) is 14.7. The minimum atomic E-state index is -3.43. The molecule has 0 unspecified atom stereocenters. The van der Waals surface area contributed by atoms with Gasteiger partial charge < -0.3 is 4.90 Å². The lowest BCUT2D eigenvalue weighted by Gasteiger charge is -2.14. The maximum atomic E-state index is 12.0. The van der Waals surface area contributed by atoms with Gasteiger partial charge in [0.1, 0.15) is 4.21 Å². The zero-order chi connectivity index (χ0) is 13.2. The first-order valence-electron chi connectivity index (χ1n) is 5.66. The molecule has 1 aromatic heterocycles. The van der Waals surface area contributed by atoms with Gasteiger partial charge in [-0.05, 0) is 47.9 Å². The first-order valence-corrected chi connectivity index (χ1v) is 9.13. The summed E-state index contributed by atoms with van der Waals surface area (Å²) in [6.07, 6.45) is 2.42. The van der Waals surface area contributed by atoms with E-state index in [4.69, 9.17) is 11.6 Å². The Labute approximate surface area is 124 Å². The van der Waals surface area contributed by atoms with Gasteiger partial charge in [0.05, 0.1) is 8.81 Å². The Morgan fingerprint density at radius 3 is 2.67 bits per heavy atom.